The molecule has 2 aromatic carbocycles. The summed E-state index contributed by atoms with van der Waals surface area (Å²) in [6.07, 6.45) is 0.704. The second kappa shape index (κ2) is 7.88. The molecule has 0 amide bonds. The number of hydrogen-bond donors (Lipinski definition) is 1. The molecular formula is C17H17F2NO5S. The molecule has 140 valence electrons. The Bertz CT molecular complexity index is 873. The normalized spacial score (nSPS) is 14.1. The maximum Gasteiger partial charge on any atom is 0.387 e. The number of rotatable bonds is 6. The van der Waals surface area contributed by atoms with Gasteiger partial charge in [0.25, 0.3) is 0 Å². The van der Waals surface area contributed by atoms with Crippen LogP contribution in [-0.4, -0.2) is 28.2 Å². The Balaban J connectivity index is 1.77. The summed E-state index contributed by atoms with van der Waals surface area (Å²) in [7, 11) is -3.88. The highest BCUT2D eigenvalue weighted by atomic mass is 32.2. The van der Waals surface area contributed by atoms with E-state index in [0.29, 0.717) is 36.7 Å². The highest BCUT2D eigenvalue weighted by Gasteiger charge is 2.19. The fourth-order valence-corrected chi connectivity index (χ4v) is 3.45. The van der Waals surface area contributed by atoms with Crippen molar-refractivity contribution in [2.75, 3.05) is 13.2 Å². The van der Waals surface area contributed by atoms with Crippen molar-refractivity contribution in [3.8, 4) is 17.2 Å². The molecular weight excluding hydrogens is 368 g/mol. The summed E-state index contributed by atoms with van der Waals surface area (Å²) in [5.41, 5.74) is 0.297. The number of benzene rings is 2. The third-order valence-corrected chi connectivity index (χ3v) is 5.07. The Hall–Kier alpha value is -2.39. The molecule has 0 saturated carbocycles. The van der Waals surface area contributed by atoms with E-state index in [1.54, 1.807) is 6.07 Å². The van der Waals surface area contributed by atoms with Gasteiger partial charge in [-0.1, -0.05) is 18.2 Å². The quantitative estimate of drug-likeness (QED) is 0.828. The van der Waals surface area contributed by atoms with Crippen molar-refractivity contribution in [2.24, 2.45) is 0 Å². The van der Waals surface area contributed by atoms with Crippen molar-refractivity contribution < 1.29 is 31.4 Å². The Morgan fingerprint density at radius 2 is 1.81 bits per heavy atom. The zero-order valence-corrected chi connectivity index (χ0v) is 14.5. The van der Waals surface area contributed by atoms with Crippen LogP contribution >= 0.6 is 0 Å². The van der Waals surface area contributed by atoms with Crippen molar-refractivity contribution in [2.45, 2.75) is 24.5 Å². The van der Waals surface area contributed by atoms with Crippen LogP contribution in [-0.2, 0) is 16.6 Å². The second-order valence-corrected chi connectivity index (χ2v) is 7.24. The van der Waals surface area contributed by atoms with E-state index in [0.717, 1.165) is 0 Å². The number of hydrogen-bond acceptors (Lipinski definition) is 5. The molecule has 9 heteroatoms. The number of nitrogens with one attached hydrogen (secondary N) is 1. The smallest absolute Gasteiger partial charge is 0.387 e. The maximum absolute atomic E-state index is 12.5. The average Bonchev–Trinajstić information content (AvgIpc) is 2.85. The van der Waals surface area contributed by atoms with Crippen molar-refractivity contribution in [1.82, 2.24) is 4.72 Å². The first-order valence-corrected chi connectivity index (χ1v) is 9.36. The first-order valence-electron chi connectivity index (χ1n) is 7.88. The van der Waals surface area contributed by atoms with Gasteiger partial charge < -0.3 is 14.2 Å². The van der Waals surface area contributed by atoms with E-state index in [-0.39, 0.29) is 17.2 Å². The van der Waals surface area contributed by atoms with Crippen LogP contribution in [0.2, 0.25) is 0 Å². The molecule has 1 aliphatic heterocycles. The second-order valence-electron chi connectivity index (χ2n) is 5.47. The highest BCUT2D eigenvalue weighted by molar-refractivity contribution is 7.89. The van der Waals surface area contributed by atoms with Crippen molar-refractivity contribution in [1.29, 1.82) is 0 Å². The Kier molecular flexibility index (Phi) is 5.58. The van der Waals surface area contributed by atoms with Crippen molar-refractivity contribution in [3.05, 3.63) is 48.0 Å². The molecule has 1 heterocycles. The summed E-state index contributed by atoms with van der Waals surface area (Å²) in [4.78, 5) is -0.00555. The lowest BCUT2D eigenvalue weighted by Gasteiger charge is -2.13. The molecule has 0 saturated heterocycles. The molecule has 0 atom stereocenters. The van der Waals surface area contributed by atoms with Crippen LogP contribution < -0.4 is 18.9 Å². The van der Waals surface area contributed by atoms with Gasteiger partial charge in [0.2, 0.25) is 10.0 Å². The van der Waals surface area contributed by atoms with Gasteiger partial charge in [-0.3, -0.25) is 0 Å². The van der Waals surface area contributed by atoms with Gasteiger partial charge in [-0.25, -0.2) is 13.1 Å². The van der Waals surface area contributed by atoms with Gasteiger partial charge in [0.15, 0.2) is 11.5 Å². The molecule has 0 unspecified atom stereocenters. The largest absolute Gasteiger partial charge is 0.490 e. The molecule has 2 aromatic rings. The summed E-state index contributed by atoms with van der Waals surface area (Å²) in [6, 6.07) is 10.3. The fourth-order valence-electron chi connectivity index (χ4n) is 2.43. The Labute approximate surface area is 149 Å². The van der Waals surface area contributed by atoms with E-state index >= 15 is 0 Å². The topological polar surface area (TPSA) is 73.9 Å². The van der Waals surface area contributed by atoms with Gasteiger partial charge in [0.1, 0.15) is 5.75 Å². The lowest BCUT2D eigenvalue weighted by atomic mass is 10.2. The van der Waals surface area contributed by atoms with Gasteiger partial charge in [-0.15, -0.1) is 0 Å². The van der Waals surface area contributed by atoms with E-state index in [1.165, 1.54) is 36.4 Å². The number of fused-ring (bicyclic) bond motifs is 1. The number of para-hydroxylation sites is 1. The average molecular weight is 385 g/mol. The number of ether oxygens (including phenoxy) is 3. The lowest BCUT2D eigenvalue weighted by Crippen LogP contribution is -2.23. The number of halogens is 2. The molecule has 0 fully saturated rings. The van der Waals surface area contributed by atoms with Crippen LogP contribution in [0.25, 0.3) is 0 Å². The fraction of sp³-hybridized carbons (Fsp3) is 0.294. The Morgan fingerprint density at radius 3 is 2.58 bits per heavy atom. The molecule has 0 bridgehead atoms. The van der Waals surface area contributed by atoms with Crippen molar-refractivity contribution in [3.63, 3.8) is 0 Å². The van der Waals surface area contributed by atoms with E-state index in [9.17, 15) is 17.2 Å². The molecule has 1 N–H and O–H groups in total. The molecule has 1 aliphatic rings. The molecule has 3 rings (SSSR count). The van der Waals surface area contributed by atoms with Crippen LogP contribution in [0.15, 0.2) is 47.4 Å². The van der Waals surface area contributed by atoms with Gasteiger partial charge in [-0.05, 0) is 18.2 Å². The maximum atomic E-state index is 12.5. The lowest BCUT2D eigenvalue weighted by molar-refractivity contribution is -0.0504. The highest BCUT2D eigenvalue weighted by Crippen LogP contribution is 2.32. The third-order valence-electron chi connectivity index (χ3n) is 3.67. The number of alkyl halides is 2. The van der Waals surface area contributed by atoms with Crippen LogP contribution in [0.3, 0.4) is 0 Å². The third kappa shape index (κ3) is 4.41. The van der Waals surface area contributed by atoms with Gasteiger partial charge in [0, 0.05) is 24.6 Å². The molecule has 6 nitrogen and oxygen atoms in total. The zero-order valence-electron chi connectivity index (χ0n) is 13.7. The van der Waals surface area contributed by atoms with Crippen molar-refractivity contribution >= 4 is 10.0 Å². The molecule has 0 spiro atoms. The first-order chi connectivity index (χ1) is 12.5. The summed E-state index contributed by atoms with van der Waals surface area (Å²) in [5, 5.41) is 0. The first kappa shape index (κ1) is 18.4. The summed E-state index contributed by atoms with van der Waals surface area (Å²) < 4.78 is 67.7. The van der Waals surface area contributed by atoms with E-state index in [1.807, 2.05) is 0 Å². The summed E-state index contributed by atoms with van der Waals surface area (Å²) in [5.74, 6) is 0.757. The summed E-state index contributed by atoms with van der Waals surface area (Å²) in [6.45, 7) is -2.25. The predicted octanol–water partition coefficient (Wildman–Crippen LogP) is 2.93. The zero-order chi connectivity index (χ0) is 18.6. The van der Waals surface area contributed by atoms with Crippen LogP contribution in [0.5, 0.6) is 17.2 Å². The molecule has 26 heavy (non-hydrogen) atoms. The number of sulfonamides is 1. The van der Waals surface area contributed by atoms with Gasteiger partial charge in [-0.2, -0.15) is 8.78 Å². The minimum absolute atomic E-state index is 0.00555. The van der Waals surface area contributed by atoms with Crippen LogP contribution in [0, 0.1) is 0 Å². The van der Waals surface area contributed by atoms with E-state index < -0.39 is 16.6 Å². The monoisotopic (exact) mass is 385 g/mol. The SMILES string of the molecule is O=S(=O)(NCc1ccccc1OC(F)F)c1ccc2c(c1)OCCCO2. The van der Waals surface area contributed by atoms with E-state index in [2.05, 4.69) is 9.46 Å². The summed E-state index contributed by atoms with van der Waals surface area (Å²) >= 11 is 0. The van der Waals surface area contributed by atoms with E-state index in [4.69, 9.17) is 9.47 Å². The molecule has 0 aliphatic carbocycles. The predicted molar refractivity (Wildman–Crippen MR) is 89.1 cm³/mol. The molecule has 0 radical (unpaired) electrons. The van der Waals surface area contributed by atoms with Gasteiger partial charge in [0.05, 0.1) is 18.1 Å². The minimum atomic E-state index is -3.88. The minimum Gasteiger partial charge on any atom is -0.490 e. The Morgan fingerprint density at radius 1 is 1.08 bits per heavy atom. The van der Waals surface area contributed by atoms with Crippen LogP contribution in [0.4, 0.5) is 8.78 Å². The standard InChI is InChI=1S/C17H17F2NO5S/c18-17(19)25-14-5-2-1-4-12(14)11-20-26(21,22)13-6-7-15-16(10-13)24-9-3-8-23-15/h1-2,4-7,10,17,20H,3,8-9,11H2. The molecule has 0 aromatic heterocycles. The van der Waals surface area contributed by atoms with Gasteiger partial charge >= 0.3 is 6.61 Å². The van der Waals surface area contributed by atoms with Crippen LogP contribution in [0.1, 0.15) is 12.0 Å².